The van der Waals surface area contributed by atoms with Crippen LogP contribution >= 0.6 is 0 Å². The molecule has 0 bridgehead atoms. The lowest BCUT2D eigenvalue weighted by atomic mass is 9.89. The molecule has 14 nitrogen and oxygen atoms in total. The van der Waals surface area contributed by atoms with Crippen molar-refractivity contribution in [1.29, 1.82) is 0 Å². The molecule has 7 rings (SSSR count). The fourth-order valence-electron chi connectivity index (χ4n) is 8.22. The number of nitrogens with one attached hydrogen (secondary N) is 4. The van der Waals surface area contributed by atoms with E-state index in [4.69, 9.17) is 5.73 Å². The first-order chi connectivity index (χ1) is 27.7. The lowest BCUT2D eigenvalue weighted by Crippen LogP contribution is -2.57. The van der Waals surface area contributed by atoms with Gasteiger partial charge in [0.1, 0.15) is 6.04 Å². The summed E-state index contributed by atoms with van der Waals surface area (Å²) in [5.41, 5.74) is 12.8. The summed E-state index contributed by atoms with van der Waals surface area (Å²) in [6, 6.07) is 8.61. The number of nitrogens with zero attached hydrogens (tertiary/aromatic N) is 5. The molecule has 302 valence electrons. The predicted molar refractivity (Wildman–Crippen MR) is 225 cm³/mol. The second-order valence-corrected chi connectivity index (χ2v) is 15.3. The standard InChI is InChI=1S/C28H38N8O2.C15H18N2O2/c1-19-14-21(15-22-18-32-34-26(19)22)16-24(29)27(37)33-25(17-20-2-6-30-7-3-20)28(38)36-12-10-35(11-13-36)23-4-8-31-9-5-23;1-3-11-9-13(15(19)16-14(11)4-2)12-5-7-17(10-18)8-6-12/h4-5,8-9,14-15,18,20,24-25,30H,2-3,6-7,10-13,16-17,29H2,1H3,(H,32,34)(H,33,37);3-4,9-10,12H,1-2,5-8H2,(H,16,19). The number of piperazine rings is 1. The number of rotatable bonds is 12. The van der Waals surface area contributed by atoms with Crippen molar-refractivity contribution in [2.24, 2.45) is 11.7 Å². The first kappa shape index (κ1) is 41.0. The quantitative estimate of drug-likeness (QED) is 0.135. The number of aromatic amines is 2. The number of piperidine rings is 2. The minimum atomic E-state index is -0.745. The van der Waals surface area contributed by atoms with Crippen LogP contribution < -0.4 is 26.8 Å². The van der Waals surface area contributed by atoms with Gasteiger partial charge in [-0.3, -0.25) is 29.3 Å². The van der Waals surface area contributed by atoms with Crippen LogP contribution in [0.15, 0.2) is 66.9 Å². The molecule has 2 atom stereocenters. The fraction of sp³-hybridized carbons (Fsp3) is 0.442. The van der Waals surface area contributed by atoms with E-state index in [1.54, 1.807) is 35.6 Å². The van der Waals surface area contributed by atoms with Crippen molar-refractivity contribution in [1.82, 2.24) is 40.6 Å². The summed E-state index contributed by atoms with van der Waals surface area (Å²) in [7, 11) is 0. The van der Waals surface area contributed by atoms with E-state index in [1.165, 1.54) is 0 Å². The van der Waals surface area contributed by atoms with Gasteiger partial charge in [0.2, 0.25) is 18.2 Å². The predicted octanol–water partition coefficient (Wildman–Crippen LogP) is 3.36. The second-order valence-electron chi connectivity index (χ2n) is 15.3. The monoisotopic (exact) mass is 776 g/mol. The Kier molecular flexibility index (Phi) is 14.0. The minimum Gasteiger partial charge on any atom is -0.368 e. The molecule has 2 unspecified atom stereocenters. The highest BCUT2D eigenvalue weighted by molar-refractivity contribution is 5.90. The third kappa shape index (κ3) is 10.4. The highest BCUT2D eigenvalue weighted by atomic mass is 16.2. The van der Waals surface area contributed by atoms with E-state index in [0.717, 1.165) is 97.1 Å². The zero-order chi connectivity index (χ0) is 40.3. The van der Waals surface area contributed by atoms with Gasteiger partial charge >= 0.3 is 0 Å². The highest BCUT2D eigenvalue weighted by Crippen LogP contribution is 2.27. The maximum atomic E-state index is 13.7. The van der Waals surface area contributed by atoms with Crippen molar-refractivity contribution in [3.05, 3.63) is 100 Å². The molecule has 3 fully saturated rings. The molecule has 1 aromatic carbocycles. The van der Waals surface area contributed by atoms with Crippen LogP contribution in [0.25, 0.3) is 23.1 Å². The Hall–Kier alpha value is -5.60. The van der Waals surface area contributed by atoms with E-state index >= 15 is 0 Å². The summed E-state index contributed by atoms with van der Waals surface area (Å²) in [5, 5.41) is 14.5. The van der Waals surface area contributed by atoms with Gasteiger partial charge < -0.3 is 36.1 Å². The van der Waals surface area contributed by atoms with Gasteiger partial charge in [0.25, 0.3) is 5.56 Å². The number of H-pyrrole nitrogens is 2. The number of carbonyl (C=O) groups is 3. The number of carbonyl (C=O) groups excluding carboxylic acids is 3. The van der Waals surface area contributed by atoms with Gasteiger partial charge in [0.15, 0.2) is 0 Å². The number of aryl methyl sites for hydroxylation is 1. The van der Waals surface area contributed by atoms with Crippen LogP contribution in [0, 0.1) is 12.8 Å². The number of aromatic nitrogens is 4. The SMILES string of the molecule is C=Cc1cc(C2CCN(C=O)CC2)c(=O)[nH]c1C=C.Cc1cc(CC(N)C(=O)NC(CC2CCNCC2)C(=O)N2CCN(c3ccncc3)CC2)cc2cn[nH]c12. The Labute approximate surface area is 334 Å². The van der Waals surface area contributed by atoms with Gasteiger partial charge in [0, 0.05) is 74.0 Å². The summed E-state index contributed by atoms with van der Waals surface area (Å²) in [6.45, 7) is 15.5. The number of hydrogen-bond acceptors (Lipinski definition) is 9. The highest BCUT2D eigenvalue weighted by Gasteiger charge is 2.32. The fourth-order valence-corrected chi connectivity index (χ4v) is 8.22. The molecular formula is C43H56N10O4. The van der Waals surface area contributed by atoms with Crippen molar-refractivity contribution in [2.45, 2.75) is 63.5 Å². The van der Waals surface area contributed by atoms with E-state index in [-0.39, 0.29) is 23.3 Å². The summed E-state index contributed by atoms with van der Waals surface area (Å²) >= 11 is 0. The van der Waals surface area contributed by atoms with Gasteiger partial charge in [-0.2, -0.15) is 5.10 Å². The summed E-state index contributed by atoms with van der Waals surface area (Å²) < 4.78 is 0. The Morgan fingerprint density at radius 2 is 1.72 bits per heavy atom. The summed E-state index contributed by atoms with van der Waals surface area (Å²) in [4.78, 5) is 62.6. The number of anilines is 1. The molecule has 3 amide bonds. The Bertz CT molecular complexity index is 2060. The third-order valence-electron chi connectivity index (χ3n) is 11.5. The van der Waals surface area contributed by atoms with Crippen molar-refractivity contribution < 1.29 is 14.4 Å². The molecule has 6 N–H and O–H groups in total. The van der Waals surface area contributed by atoms with Crippen LogP contribution in [-0.4, -0.2) is 113 Å². The topological polar surface area (TPSA) is 185 Å². The first-order valence-electron chi connectivity index (χ1n) is 20.0. The van der Waals surface area contributed by atoms with Gasteiger partial charge in [-0.15, -0.1) is 0 Å². The zero-order valence-corrected chi connectivity index (χ0v) is 32.9. The van der Waals surface area contributed by atoms with Gasteiger partial charge in [-0.05, 0) is 117 Å². The molecule has 3 aliphatic rings. The number of nitrogens with two attached hydrogens (primary N) is 1. The second kappa shape index (κ2) is 19.5. The van der Waals surface area contributed by atoms with Crippen molar-refractivity contribution >= 4 is 47.0 Å². The third-order valence-corrected chi connectivity index (χ3v) is 11.5. The maximum Gasteiger partial charge on any atom is 0.251 e. The van der Waals surface area contributed by atoms with Crippen LogP contribution in [-0.2, 0) is 20.8 Å². The molecule has 0 spiro atoms. The van der Waals surface area contributed by atoms with Crippen LogP contribution in [0.5, 0.6) is 0 Å². The average Bonchev–Trinajstić information content (AvgIpc) is 3.73. The molecule has 6 heterocycles. The van der Waals surface area contributed by atoms with E-state index in [0.29, 0.717) is 50.6 Å². The average molecular weight is 777 g/mol. The van der Waals surface area contributed by atoms with Crippen LogP contribution in [0.2, 0.25) is 0 Å². The Morgan fingerprint density at radius 1 is 1.00 bits per heavy atom. The van der Waals surface area contributed by atoms with Gasteiger partial charge in [-0.25, -0.2) is 0 Å². The number of hydrogen-bond donors (Lipinski definition) is 5. The van der Waals surface area contributed by atoms with Gasteiger partial charge in [-0.1, -0.05) is 25.3 Å². The summed E-state index contributed by atoms with van der Waals surface area (Å²) in [6.07, 6.45) is 14.3. The van der Waals surface area contributed by atoms with Crippen molar-refractivity contribution in [3.8, 4) is 0 Å². The largest absolute Gasteiger partial charge is 0.368 e. The molecule has 3 aromatic heterocycles. The molecule has 4 aromatic rings. The van der Waals surface area contributed by atoms with Crippen LogP contribution in [0.3, 0.4) is 0 Å². The van der Waals surface area contributed by atoms with E-state index in [9.17, 15) is 19.2 Å². The molecule has 0 radical (unpaired) electrons. The summed E-state index contributed by atoms with van der Waals surface area (Å²) in [5.74, 6) is 0.315. The Morgan fingerprint density at radius 3 is 2.39 bits per heavy atom. The van der Waals surface area contributed by atoms with Crippen molar-refractivity contribution in [2.75, 3.05) is 57.3 Å². The lowest BCUT2D eigenvalue weighted by Gasteiger charge is -2.38. The zero-order valence-electron chi connectivity index (χ0n) is 32.9. The number of amides is 3. The van der Waals surface area contributed by atoms with Gasteiger partial charge in [0.05, 0.1) is 17.8 Å². The Balaban J connectivity index is 0.000000242. The van der Waals surface area contributed by atoms with Crippen molar-refractivity contribution in [3.63, 3.8) is 0 Å². The molecular weight excluding hydrogens is 721 g/mol. The molecule has 3 saturated heterocycles. The molecule has 0 aliphatic carbocycles. The number of benzene rings is 1. The van der Waals surface area contributed by atoms with Crippen LogP contribution in [0.1, 0.15) is 66.0 Å². The van der Waals surface area contributed by atoms with E-state index in [2.05, 4.69) is 48.9 Å². The molecule has 0 saturated carbocycles. The molecule has 3 aliphatic heterocycles. The molecule has 14 heteroatoms. The maximum absolute atomic E-state index is 13.7. The number of pyridine rings is 2. The van der Waals surface area contributed by atoms with Crippen LogP contribution in [0.4, 0.5) is 5.69 Å². The minimum absolute atomic E-state index is 0.00544. The van der Waals surface area contributed by atoms with E-state index < -0.39 is 12.1 Å². The van der Waals surface area contributed by atoms with E-state index in [1.807, 2.05) is 42.2 Å². The lowest BCUT2D eigenvalue weighted by molar-refractivity contribution is -0.137. The molecule has 57 heavy (non-hydrogen) atoms. The number of fused-ring (bicyclic) bond motifs is 1. The normalized spacial score (nSPS) is 17.6. The smallest absolute Gasteiger partial charge is 0.251 e. The number of likely N-dealkylation sites (tertiary alicyclic amines) is 1. The first-order valence-corrected chi connectivity index (χ1v) is 20.0.